The number of imide groups is 1. The van der Waals surface area contributed by atoms with Gasteiger partial charge >= 0.3 is 0 Å². The summed E-state index contributed by atoms with van der Waals surface area (Å²) in [5.74, 6) is -0.375. The Balaban J connectivity index is 1.79. The Morgan fingerprint density at radius 2 is 2.18 bits per heavy atom. The molecule has 3 rings (SSSR count). The van der Waals surface area contributed by atoms with Crippen LogP contribution in [0.4, 0.5) is 16.2 Å². The maximum absolute atomic E-state index is 11.6. The minimum atomic E-state index is -0.375. The number of benzene rings is 1. The van der Waals surface area contributed by atoms with Crippen LogP contribution in [0.25, 0.3) is 6.08 Å². The van der Waals surface area contributed by atoms with E-state index < -0.39 is 0 Å². The summed E-state index contributed by atoms with van der Waals surface area (Å²) in [5, 5.41) is 5.08. The highest BCUT2D eigenvalue weighted by Crippen LogP contribution is 2.28. The normalized spacial score (nSPS) is 16.1. The fourth-order valence-corrected chi connectivity index (χ4v) is 2.66. The van der Waals surface area contributed by atoms with Crippen LogP contribution in [0.3, 0.4) is 0 Å². The van der Waals surface area contributed by atoms with Gasteiger partial charge < -0.3 is 15.5 Å². The first-order valence-electron chi connectivity index (χ1n) is 6.51. The molecule has 0 saturated carbocycles. The van der Waals surface area contributed by atoms with E-state index in [9.17, 15) is 9.59 Å². The van der Waals surface area contributed by atoms with Gasteiger partial charge in [0, 0.05) is 12.1 Å². The van der Waals surface area contributed by atoms with Crippen molar-refractivity contribution in [3.63, 3.8) is 0 Å². The standard InChI is InChI=1S/C15H13N3O3S/c16-11-2-1-9(6-13-14(19)18-15(20)22-13)5-12(11)17-7-10-3-4-21-8-10/h1-6,8,17H,7,16H2,(H,18,19,20). The highest BCUT2D eigenvalue weighted by atomic mass is 32.2. The van der Waals surface area contributed by atoms with Crippen LogP contribution in [0.15, 0.2) is 46.1 Å². The van der Waals surface area contributed by atoms with Crippen molar-refractivity contribution in [3.05, 3.63) is 52.8 Å². The molecule has 2 aromatic rings. The maximum Gasteiger partial charge on any atom is 0.290 e. The smallest absolute Gasteiger partial charge is 0.290 e. The van der Waals surface area contributed by atoms with E-state index >= 15 is 0 Å². The third-order valence-electron chi connectivity index (χ3n) is 3.08. The number of furan rings is 1. The van der Waals surface area contributed by atoms with Crippen molar-refractivity contribution in [3.8, 4) is 0 Å². The number of nitrogen functional groups attached to an aromatic ring is 1. The first-order chi connectivity index (χ1) is 10.6. The van der Waals surface area contributed by atoms with Crippen molar-refractivity contribution in [1.82, 2.24) is 5.32 Å². The van der Waals surface area contributed by atoms with E-state index in [1.165, 1.54) is 0 Å². The average molecular weight is 315 g/mol. The summed E-state index contributed by atoms with van der Waals surface area (Å²) in [4.78, 5) is 23.1. The molecule has 0 spiro atoms. The number of anilines is 2. The highest BCUT2D eigenvalue weighted by molar-refractivity contribution is 8.18. The number of rotatable bonds is 4. The number of amides is 2. The molecule has 22 heavy (non-hydrogen) atoms. The number of carbonyl (C=O) groups excluding carboxylic acids is 2. The summed E-state index contributed by atoms with van der Waals surface area (Å²) in [7, 11) is 0. The molecule has 0 aliphatic carbocycles. The van der Waals surface area contributed by atoms with Gasteiger partial charge in [0.2, 0.25) is 0 Å². The molecule has 1 aromatic carbocycles. The van der Waals surface area contributed by atoms with Crippen LogP contribution < -0.4 is 16.4 Å². The van der Waals surface area contributed by atoms with E-state index in [-0.39, 0.29) is 11.1 Å². The Hall–Kier alpha value is -2.67. The van der Waals surface area contributed by atoms with Crippen molar-refractivity contribution >= 4 is 40.4 Å². The monoisotopic (exact) mass is 315 g/mol. The van der Waals surface area contributed by atoms with Gasteiger partial charge in [-0.2, -0.15) is 0 Å². The molecule has 0 radical (unpaired) electrons. The van der Waals surface area contributed by atoms with E-state index in [0.29, 0.717) is 17.1 Å². The topological polar surface area (TPSA) is 97.4 Å². The zero-order valence-corrected chi connectivity index (χ0v) is 12.3. The molecule has 112 valence electrons. The van der Waals surface area contributed by atoms with Gasteiger partial charge in [0.15, 0.2) is 0 Å². The predicted molar refractivity (Wildman–Crippen MR) is 86.0 cm³/mol. The molecular formula is C15H13N3O3S. The zero-order valence-electron chi connectivity index (χ0n) is 11.5. The van der Waals surface area contributed by atoms with Crippen LogP contribution in [0.1, 0.15) is 11.1 Å². The van der Waals surface area contributed by atoms with Crippen molar-refractivity contribution in [2.75, 3.05) is 11.1 Å². The van der Waals surface area contributed by atoms with Crippen molar-refractivity contribution in [1.29, 1.82) is 0 Å². The third-order valence-corrected chi connectivity index (χ3v) is 3.89. The Labute approximate surface area is 130 Å². The molecule has 6 nitrogen and oxygen atoms in total. The van der Waals surface area contributed by atoms with Crippen molar-refractivity contribution < 1.29 is 14.0 Å². The number of nitrogens with two attached hydrogens (primary N) is 1. The van der Waals surface area contributed by atoms with Gasteiger partial charge in [0.25, 0.3) is 11.1 Å². The van der Waals surface area contributed by atoms with Gasteiger partial charge in [-0.25, -0.2) is 0 Å². The van der Waals surface area contributed by atoms with Crippen molar-refractivity contribution in [2.24, 2.45) is 0 Å². The van der Waals surface area contributed by atoms with Crippen LogP contribution in [0.2, 0.25) is 0 Å². The molecule has 1 aliphatic heterocycles. The number of hydrogen-bond acceptors (Lipinski definition) is 6. The van der Waals surface area contributed by atoms with Crippen molar-refractivity contribution in [2.45, 2.75) is 6.54 Å². The molecule has 1 saturated heterocycles. The summed E-state index contributed by atoms with van der Waals surface area (Å²) >= 11 is 0.887. The average Bonchev–Trinajstić information content (AvgIpc) is 3.10. The lowest BCUT2D eigenvalue weighted by molar-refractivity contribution is -0.115. The summed E-state index contributed by atoms with van der Waals surface area (Å²) in [6.07, 6.45) is 4.92. The van der Waals surface area contributed by atoms with Crippen LogP contribution >= 0.6 is 11.8 Å². The number of hydrogen-bond donors (Lipinski definition) is 3. The van der Waals surface area contributed by atoms with E-state index in [1.807, 2.05) is 12.1 Å². The van der Waals surface area contributed by atoms with Crippen LogP contribution in [-0.2, 0) is 11.3 Å². The second kappa shape index (κ2) is 5.98. The second-order valence-electron chi connectivity index (χ2n) is 4.68. The van der Waals surface area contributed by atoms with E-state index in [0.717, 1.165) is 28.6 Å². The molecule has 7 heteroatoms. The zero-order chi connectivity index (χ0) is 15.5. The van der Waals surface area contributed by atoms with E-state index in [1.54, 1.807) is 30.7 Å². The minimum Gasteiger partial charge on any atom is -0.472 e. The number of carbonyl (C=O) groups is 2. The molecular weight excluding hydrogens is 302 g/mol. The maximum atomic E-state index is 11.6. The van der Waals surface area contributed by atoms with Gasteiger partial charge in [-0.1, -0.05) is 6.07 Å². The molecule has 1 aromatic heterocycles. The first-order valence-corrected chi connectivity index (χ1v) is 7.33. The van der Waals surface area contributed by atoms with Gasteiger partial charge in [-0.15, -0.1) is 0 Å². The molecule has 1 aliphatic rings. The largest absolute Gasteiger partial charge is 0.472 e. The molecule has 0 atom stereocenters. The van der Waals surface area contributed by atoms with Crippen LogP contribution in [0.5, 0.6) is 0 Å². The lowest BCUT2D eigenvalue weighted by Gasteiger charge is -2.09. The number of nitrogens with one attached hydrogen (secondary N) is 2. The van der Waals surface area contributed by atoms with E-state index in [4.69, 9.17) is 10.2 Å². The Kier molecular flexibility index (Phi) is 3.88. The van der Waals surface area contributed by atoms with Gasteiger partial charge in [0.1, 0.15) is 0 Å². The first kappa shape index (κ1) is 14.3. The molecule has 2 heterocycles. The Bertz CT molecular complexity index is 753. The quantitative estimate of drug-likeness (QED) is 0.593. The molecule has 0 unspecified atom stereocenters. The lowest BCUT2D eigenvalue weighted by Crippen LogP contribution is -2.17. The summed E-state index contributed by atoms with van der Waals surface area (Å²) in [6, 6.07) is 7.24. The third kappa shape index (κ3) is 3.15. The summed E-state index contributed by atoms with van der Waals surface area (Å²) in [5.41, 5.74) is 9.09. The Morgan fingerprint density at radius 1 is 1.32 bits per heavy atom. The Morgan fingerprint density at radius 3 is 2.86 bits per heavy atom. The highest BCUT2D eigenvalue weighted by Gasteiger charge is 2.24. The predicted octanol–water partition coefficient (Wildman–Crippen LogP) is 2.80. The summed E-state index contributed by atoms with van der Waals surface area (Å²) in [6.45, 7) is 0.578. The fraction of sp³-hybridized carbons (Fsp3) is 0.0667. The number of thioether (sulfide) groups is 1. The van der Waals surface area contributed by atoms with Gasteiger partial charge in [0.05, 0.1) is 28.8 Å². The lowest BCUT2D eigenvalue weighted by atomic mass is 10.1. The summed E-state index contributed by atoms with van der Waals surface area (Å²) < 4.78 is 5.01. The fourth-order valence-electron chi connectivity index (χ4n) is 1.98. The molecule has 2 amide bonds. The molecule has 1 fully saturated rings. The van der Waals surface area contributed by atoms with Gasteiger partial charge in [-0.3, -0.25) is 14.9 Å². The minimum absolute atomic E-state index is 0.356. The molecule has 4 N–H and O–H groups in total. The molecule has 0 bridgehead atoms. The second-order valence-corrected chi connectivity index (χ2v) is 5.70. The van der Waals surface area contributed by atoms with Crippen LogP contribution in [0, 0.1) is 0 Å². The van der Waals surface area contributed by atoms with E-state index in [2.05, 4.69) is 10.6 Å². The van der Waals surface area contributed by atoms with Gasteiger partial charge in [-0.05, 0) is 41.6 Å². The van der Waals surface area contributed by atoms with Crippen LogP contribution in [-0.4, -0.2) is 11.1 Å². The SMILES string of the molecule is Nc1ccc(C=C2SC(=O)NC2=O)cc1NCc1ccoc1.